The van der Waals surface area contributed by atoms with E-state index in [4.69, 9.17) is 4.74 Å². The second-order valence-electron chi connectivity index (χ2n) is 6.55. The summed E-state index contributed by atoms with van der Waals surface area (Å²) < 4.78 is 33.7. The predicted molar refractivity (Wildman–Crippen MR) is 98.8 cm³/mol. The van der Waals surface area contributed by atoms with Crippen molar-refractivity contribution in [2.45, 2.75) is 43.5 Å². The van der Waals surface area contributed by atoms with E-state index < -0.39 is 22.0 Å². The van der Waals surface area contributed by atoms with Crippen molar-refractivity contribution in [3.8, 4) is 0 Å². The average Bonchev–Trinajstić information content (AvgIpc) is 2.95. The molecule has 3 rings (SSSR count). The highest BCUT2D eigenvalue weighted by Gasteiger charge is 2.38. The van der Waals surface area contributed by atoms with E-state index in [-0.39, 0.29) is 23.2 Å². The Morgan fingerprint density at radius 2 is 2.07 bits per heavy atom. The van der Waals surface area contributed by atoms with Crippen molar-refractivity contribution >= 4 is 27.7 Å². The Bertz CT molecular complexity index is 866. The standard InChI is InChI=1S/C18H23N3O5S/c1-2-10-19-16(22)12-26-18(23)14-8-5-6-11-21(14)17-13-7-3-4-9-15(13)27(24,25)20-17/h3-4,7,9,14H,2,5-6,8,10-12H2,1H3,(H,19,22)/t14-/m0/s1. The molecule has 2 aliphatic rings. The Labute approximate surface area is 158 Å². The number of fused-ring (bicyclic) bond motifs is 1. The minimum Gasteiger partial charge on any atom is -0.454 e. The molecule has 2 aliphatic heterocycles. The number of sulfonamides is 1. The number of amidine groups is 1. The van der Waals surface area contributed by atoms with Gasteiger partial charge in [0.15, 0.2) is 12.4 Å². The molecule has 0 aliphatic carbocycles. The summed E-state index contributed by atoms with van der Waals surface area (Å²) in [6.07, 6.45) is 2.96. The SMILES string of the molecule is CCCNC(=O)COC(=O)[C@@H]1CCCCN1C1=NS(=O)(=O)c2ccccc21. The van der Waals surface area contributed by atoms with E-state index in [9.17, 15) is 18.0 Å². The summed E-state index contributed by atoms with van der Waals surface area (Å²) in [6, 6.07) is 5.93. The molecule has 0 aromatic heterocycles. The smallest absolute Gasteiger partial charge is 0.329 e. The van der Waals surface area contributed by atoms with E-state index in [1.165, 1.54) is 6.07 Å². The molecule has 2 heterocycles. The number of carbonyl (C=O) groups is 2. The van der Waals surface area contributed by atoms with Gasteiger partial charge in [-0.1, -0.05) is 19.1 Å². The zero-order chi connectivity index (χ0) is 19.4. The molecule has 0 saturated carbocycles. The van der Waals surface area contributed by atoms with Gasteiger partial charge in [-0.15, -0.1) is 4.40 Å². The van der Waals surface area contributed by atoms with E-state index in [2.05, 4.69) is 9.71 Å². The number of hydrogen-bond donors (Lipinski definition) is 1. The van der Waals surface area contributed by atoms with Gasteiger partial charge in [0, 0.05) is 18.7 Å². The van der Waals surface area contributed by atoms with Crippen LogP contribution in [0.25, 0.3) is 0 Å². The molecule has 1 atom stereocenters. The van der Waals surface area contributed by atoms with Gasteiger partial charge in [0.1, 0.15) is 10.9 Å². The van der Waals surface area contributed by atoms with Crippen molar-refractivity contribution in [3.05, 3.63) is 29.8 Å². The number of piperidine rings is 1. The monoisotopic (exact) mass is 393 g/mol. The van der Waals surface area contributed by atoms with Gasteiger partial charge in [0.25, 0.3) is 15.9 Å². The molecule has 27 heavy (non-hydrogen) atoms. The summed E-state index contributed by atoms with van der Waals surface area (Å²) in [7, 11) is -3.76. The van der Waals surface area contributed by atoms with Crippen LogP contribution in [0.1, 0.15) is 38.2 Å². The molecule has 1 aromatic rings. The molecule has 146 valence electrons. The van der Waals surface area contributed by atoms with Crippen LogP contribution < -0.4 is 5.32 Å². The van der Waals surface area contributed by atoms with Gasteiger partial charge in [-0.3, -0.25) is 4.79 Å². The minimum atomic E-state index is -3.76. The Morgan fingerprint density at radius 1 is 1.30 bits per heavy atom. The van der Waals surface area contributed by atoms with Gasteiger partial charge in [-0.25, -0.2) is 4.79 Å². The van der Waals surface area contributed by atoms with Crippen LogP contribution in [0, 0.1) is 0 Å². The fraction of sp³-hybridized carbons (Fsp3) is 0.500. The first kappa shape index (κ1) is 19.3. The van der Waals surface area contributed by atoms with Crippen molar-refractivity contribution in [2.24, 2.45) is 4.40 Å². The van der Waals surface area contributed by atoms with Gasteiger partial charge in [-0.05, 0) is 37.8 Å². The van der Waals surface area contributed by atoms with Crippen LogP contribution in [-0.2, 0) is 24.3 Å². The lowest BCUT2D eigenvalue weighted by atomic mass is 10.0. The van der Waals surface area contributed by atoms with Gasteiger partial charge < -0.3 is 15.0 Å². The van der Waals surface area contributed by atoms with Crippen LogP contribution in [0.5, 0.6) is 0 Å². The second-order valence-corrected chi connectivity index (χ2v) is 8.12. The third-order valence-electron chi connectivity index (χ3n) is 4.58. The van der Waals surface area contributed by atoms with Crippen LogP contribution in [0.3, 0.4) is 0 Å². The van der Waals surface area contributed by atoms with E-state index in [1.807, 2.05) is 6.92 Å². The molecule has 0 spiro atoms. The van der Waals surface area contributed by atoms with Crippen LogP contribution in [-0.4, -0.2) is 56.8 Å². The largest absolute Gasteiger partial charge is 0.454 e. The van der Waals surface area contributed by atoms with Crippen LogP contribution >= 0.6 is 0 Å². The molecule has 0 radical (unpaired) electrons. The molecular weight excluding hydrogens is 370 g/mol. The van der Waals surface area contributed by atoms with Gasteiger partial charge in [0.2, 0.25) is 0 Å². The Hall–Kier alpha value is -2.42. The summed E-state index contributed by atoms with van der Waals surface area (Å²) in [4.78, 5) is 26.1. The van der Waals surface area contributed by atoms with Crippen LogP contribution in [0.4, 0.5) is 0 Å². The highest BCUT2D eigenvalue weighted by atomic mass is 32.2. The fourth-order valence-corrected chi connectivity index (χ4v) is 4.49. The average molecular weight is 393 g/mol. The van der Waals surface area contributed by atoms with Crippen LogP contribution in [0.2, 0.25) is 0 Å². The molecule has 9 heteroatoms. The summed E-state index contributed by atoms with van der Waals surface area (Å²) in [5, 5.41) is 2.65. The molecule has 0 bridgehead atoms. The normalized spacial score (nSPS) is 20.6. The maximum absolute atomic E-state index is 12.6. The fourth-order valence-electron chi connectivity index (χ4n) is 3.27. The highest BCUT2D eigenvalue weighted by molar-refractivity contribution is 7.90. The number of likely N-dealkylation sites (tertiary alicyclic amines) is 1. The lowest BCUT2D eigenvalue weighted by Gasteiger charge is -2.35. The number of ether oxygens (including phenoxy) is 1. The van der Waals surface area contributed by atoms with Gasteiger partial charge in [0.05, 0.1) is 0 Å². The molecule has 1 N–H and O–H groups in total. The van der Waals surface area contributed by atoms with E-state index in [0.29, 0.717) is 25.1 Å². The lowest BCUT2D eigenvalue weighted by Crippen LogP contribution is -2.49. The Kier molecular flexibility index (Phi) is 5.79. The number of rotatable bonds is 5. The number of amides is 1. The predicted octanol–water partition coefficient (Wildman–Crippen LogP) is 1.06. The van der Waals surface area contributed by atoms with E-state index >= 15 is 0 Å². The van der Waals surface area contributed by atoms with Gasteiger partial charge >= 0.3 is 5.97 Å². The summed E-state index contributed by atoms with van der Waals surface area (Å²) in [5.74, 6) is -0.604. The molecule has 1 amide bonds. The van der Waals surface area contributed by atoms with E-state index in [0.717, 1.165) is 19.3 Å². The summed E-state index contributed by atoms with van der Waals surface area (Å²) in [5.41, 5.74) is 0.498. The molecular formula is C18H23N3O5S. The van der Waals surface area contributed by atoms with Crippen molar-refractivity contribution < 1.29 is 22.7 Å². The lowest BCUT2D eigenvalue weighted by molar-refractivity contribution is -0.153. The molecule has 1 aromatic carbocycles. The topological polar surface area (TPSA) is 105 Å². The minimum absolute atomic E-state index is 0.150. The quantitative estimate of drug-likeness (QED) is 0.750. The number of hydrogen-bond acceptors (Lipinski definition) is 6. The number of carbonyl (C=O) groups excluding carboxylic acids is 2. The maximum Gasteiger partial charge on any atom is 0.329 e. The first-order chi connectivity index (χ1) is 12.9. The number of benzene rings is 1. The van der Waals surface area contributed by atoms with E-state index in [1.54, 1.807) is 23.1 Å². The zero-order valence-corrected chi connectivity index (χ0v) is 16.0. The highest BCUT2D eigenvalue weighted by Crippen LogP contribution is 2.30. The third-order valence-corrected chi connectivity index (χ3v) is 5.90. The maximum atomic E-state index is 12.6. The molecule has 1 saturated heterocycles. The number of nitrogens with one attached hydrogen (secondary N) is 1. The van der Waals surface area contributed by atoms with Crippen molar-refractivity contribution in [1.29, 1.82) is 0 Å². The number of nitrogens with zero attached hydrogens (tertiary/aromatic N) is 2. The molecule has 1 fully saturated rings. The van der Waals surface area contributed by atoms with Crippen molar-refractivity contribution in [2.75, 3.05) is 19.7 Å². The third kappa shape index (κ3) is 4.13. The first-order valence-electron chi connectivity index (χ1n) is 9.08. The van der Waals surface area contributed by atoms with Gasteiger partial charge in [-0.2, -0.15) is 8.42 Å². The first-order valence-corrected chi connectivity index (χ1v) is 10.5. The number of esters is 1. The van der Waals surface area contributed by atoms with Crippen molar-refractivity contribution in [1.82, 2.24) is 10.2 Å². The molecule has 8 nitrogen and oxygen atoms in total. The Morgan fingerprint density at radius 3 is 2.85 bits per heavy atom. The van der Waals surface area contributed by atoms with Crippen molar-refractivity contribution in [3.63, 3.8) is 0 Å². The Balaban J connectivity index is 1.77. The molecule has 0 unspecified atom stereocenters. The summed E-state index contributed by atoms with van der Waals surface area (Å²) >= 11 is 0. The van der Waals surface area contributed by atoms with Crippen LogP contribution in [0.15, 0.2) is 33.6 Å². The second kappa shape index (κ2) is 8.08. The summed E-state index contributed by atoms with van der Waals surface area (Å²) in [6.45, 7) is 2.62. The zero-order valence-electron chi connectivity index (χ0n) is 15.2.